The highest BCUT2D eigenvalue weighted by atomic mass is 35.5. The highest BCUT2D eigenvalue weighted by Gasteiger charge is 2.48. The molecule has 0 spiro atoms. The van der Waals surface area contributed by atoms with Crippen LogP contribution in [0.1, 0.15) is 16.1 Å². The lowest BCUT2D eigenvalue weighted by Gasteiger charge is -2.31. The molecule has 0 unspecified atom stereocenters. The Hall–Kier alpha value is -1.34. The topological polar surface area (TPSA) is 72.6 Å². The molecule has 2 heterocycles. The fourth-order valence-electron chi connectivity index (χ4n) is 2.15. The lowest BCUT2D eigenvalue weighted by atomic mass is 9.94. The number of aromatic nitrogens is 1. The fraction of sp³-hybridized carbons (Fsp3) is 0.231. The van der Waals surface area contributed by atoms with Gasteiger partial charge in [-0.25, -0.2) is 9.18 Å². The van der Waals surface area contributed by atoms with E-state index in [1.807, 2.05) is 0 Å². The summed E-state index contributed by atoms with van der Waals surface area (Å²) in [5.74, 6) is -1.82. The minimum absolute atomic E-state index is 0.0811. The molecule has 1 aliphatic heterocycles. The van der Waals surface area contributed by atoms with Crippen LogP contribution in [0.2, 0.25) is 15.1 Å². The largest absolute Gasteiger partial charge is 0.477 e. The summed E-state index contributed by atoms with van der Waals surface area (Å²) >= 11 is 17.9. The van der Waals surface area contributed by atoms with Crippen molar-refractivity contribution in [2.45, 2.75) is 5.67 Å². The number of hydrogen-bond acceptors (Lipinski definition) is 4. The third-order valence-corrected chi connectivity index (χ3v) is 4.03. The van der Waals surface area contributed by atoms with Crippen molar-refractivity contribution in [1.29, 1.82) is 0 Å². The highest BCUT2D eigenvalue weighted by Crippen LogP contribution is 2.43. The van der Waals surface area contributed by atoms with E-state index in [2.05, 4.69) is 5.16 Å². The summed E-state index contributed by atoms with van der Waals surface area (Å²) in [6, 6.07) is 2.75. The second kappa shape index (κ2) is 5.38. The minimum atomic E-state index is -2.02. The van der Waals surface area contributed by atoms with Gasteiger partial charge in [-0.2, -0.15) is 0 Å². The number of nitrogens with zero attached hydrogens (tertiary/aromatic N) is 1. The predicted octanol–water partition coefficient (Wildman–Crippen LogP) is 4.20. The van der Waals surface area contributed by atoms with Gasteiger partial charge in [0.2, 0.25) is 5.67 Å². The highest BCUT2D eigenvalue weighted by molar-refractivity contribution is 6.42. The number of carbonyl (C=O) groups is 1. The van der Waals surface area contributed by atoms with E-state index in [9.17, 15) is 14.3 Å². The first-order valence-corrected chi connectivity index (χ1v) is 7.12. The second-order valence-corrected chi connectivity index (χ2v) is 5.99. The number of alkyl halides is 1. The summed E-state index contributed by atoms with van der Waals surface area (Å²) in [5.41, 5.74) is -2.50. The minimum Gasteiger partial charge on any atom is -0.477 e. The van der Waals surface area contributed by atoms with Gasteiger partial charge < -0.3 is 14.4 Å². The summed E-state index contributed by atoms with van der Waals surface area (Å²) in [7, 11) is 0. The second-order valence-electron chi connectivity index (χ2n) is 4.74. The van der Waals surface area contributed by atoms with Crippen molar-refractivity contribution in [2.75, 3.05) is 13.2 Å². The molecule has 0 radical (unpaired) electrons. The molecule has 1 aliphatic rings. The fourth-order valence-corrected chi connectivity index (χ4v) is 3.14. The zero-order valence-electron chi connectivity index (χ0n) is 10.7. The Morgan fingerprint density at radius 2 is 1.86 bits per heavy atom. The van der Waals surface area contributed by atoms with Crippen molar-refractivity contribution in [2.24, 2.45) is 0 Å². The van der Waals surface area contributed by atoms with Gasteiger partial charge in [0, 0.05) is 10.6 Å². The first-order chi connectivity index (χ1) is 10.3. The summed E-state index contributed by atoms with van der Waals surface area (Å²) in [5, 5.41) is 13.5. The molecule has 1 fully saturated rings. The number of ether oxygens (including phenoxy) is 1. The van der Waals surface area contributed by atoms with Gasteiger partial charge in [0.05, 0.1) is 23.3 Å². The van der Waals surface area contributed by atoms with Gasteiger partial charge in [0.25, 0.3) is 0 Å². The van der Waals surface area contributed by atoms with E-state index >= 15 is 0 Å². The standard InChI is InChI=1S/C13H7Cl3FNO4/c14-5-1-6(15)8(7(16)2-5)10-9(12(19)20)11(22-18-10)13(17)3-21-4-13/h1-2H,3-4H2,(H,19,20). The van der Waals surface area contributed by atoms with Crippen LogP contribution in [0.5, 0.6) is 0 Å². The molecule has 0 amide bonds. The molecule has 1 N–H and O–H groups in total. The van der Waals surface area contributed by atoms with Gasteiger partial charge in [0.15, 0.2) is 5.76 Å². The summed E-state index contributed by atoms with van der Waals surface area (Å²) in [6.07, 6.45) is 0. The van der Waals surface area contributed by atoms with Gasteiger partial charge in [-0.05, 0) is 12.1 Å². The molecule has 3 rings (SSSR count). The third-order valence-electron chi connectivity index (χ3n) is 3.22. The summed E-state index contributed by atoms with van der Waals surface area (Å²) in [6.45, 7) is -0.603. The molecule has 5 nitrogen and oxygen atoms in total. The number of carboxylic acids is 1. The van der Waals surface area contributed by atoms with E-state index in [0.717, 1.165) is 0 Å². The van der Waals surface area contributed by atoms with Crippen molar-refractivity contribution >= 4 is 40.8 Å². The summed E-state index contributed by atoms with van der Waals surface area (Å²) in [4.78, 5) is 11.5. The number of benzene rings is 1. The van der Waals surface area contributed by atoms with E-state index in [-0.39, 0.29) is 39.5 Å². The van der Waals surface area contributed by atoms with Crippen LogP contribution in [0.25, 0.3) is 11.3 Å². The number of rotatable bonds is 3. The molecule has 1 aromatic heterocycles. The maximum atomic E-state index is 14.4. The Kier molecular flexibility index (Phi) is 3.81. The predicted molar refractivity (Wildman–Crippen MR) is 77.5 cm³/mol. The monoisotopic (exact) mass is 365 g/mol. The SMILES string of the molecule is O=C(O)c1c(-c2c(Cl)cc(Cl)cc2Cl)noc1C1(F)COC1. The third kappa shape index (κ3) is 2.36. The number of halogens is 4. The van der Waals surface area contributed by atoms with Crippen molar-refractivity contribution < 1.29 is 23.6 Å². The Balaban J connectivity index is 2.23. The Labute approximate surface area is 138 Å². The maximum Gasteiger partial charge on any atom is 0.341 e. The molecule has 2 aromatic rings. The zero-order chi connectivity index (χ0) is 16.1. The molecular weight excluding hydrogens is 360 g/mol. The first kappa shape index (κ1) is 15.6. The lowest BCUT2D eigenvalue weighted by molar-refractivity contribution is -0.147. The molecule has 0 aliphatic carbocycles. The van der Waals surface area contributed by atoms with Crippen LogP contribution in [-0.4, -0.2) is 29.4 Å². The van der Waals surface area contributed by atoms with Crippen LogP contribution in [0.4, 0.5) is 4.39 Å². The average Bonchev–Trinajstić information content (AvgIpc) is 2.79. The van der Waals surface area contributed by atoms with E-state index < -0.39 is 23.0 Å². The lowest BCUT2D eigenvalue weighted by Crippen LogP contribution is -2.43. The number of carboxylic acid groups (broad SMARTS) is 1. The quantitative estimate of drug-likeness (QED) is 0.881. The van der Waals surface area contributed by atoms with Gasteiger partial charge >= 0.3 is 5.97 Å². The molecular formula is C13H7Cl3FNO4. The molecule has 1 saturated heterocycles. The van der Waals surface area contributed by atoms with Crippen molar-refractivity contribution in [3.63, 3.8) is 0 Å². The first-order valence-electron chi connectivity index (χ1n) is 5.98. The van der Waals surface area contributed by atoms with Crippen LogP contribution in [0.3, 0.4) is 0 Å². The van der Waals surface area contributed by atoms with Gasteiger partial charge in [-0.3, -0.25) is 0 Å². The molecule has 0 bridgehead atoms. The van der Waals surface area contributed by atoms with Crippen LogP contribution >= 0.6 is 34.8 Å². The molecule has 22 heavy (non-hydrogen) atoms. The van der Waals surface area contributed by atoms with Crippen molar-refractivity contribution in [3.05, 3.63) is 38.5 Å². The van der Waals surface area contributed by atoms with E-state index in [1.165, 1.54) is 12.1 Å². The van der Waals surface area contributed by atoms with Gasteiger partial charge in [-0.1, -0.05) is 40.0 Å². The van der Waals surface area contributed by atoms with Crippen LogP contribution in [0, 0.1) is 0 Å². The van der Waals surface area contributed by atoms with Crippen LogP contribution in [-0.2, 0) is 10.4 Å². The van der Waals surface area contributed by atoms with E-state index in [0.29, 0.717) is 0 Å². The maximum absolute atomic E-state index is 14.4. The molecule has 0 saturated carbocycles. The normalized spacial score (nSPS) is 16.4. The zero-order valence-corrected chi connectivity index (χ0v) is 13.0. The molecule has 116 valence electrons. The molecule has 9 heteroatoms. The Morgan fingerprint density at radius 1 is 1.27 bits per heavy atom. The Bertz CT molecular complexity index is 750. The number of aromatic carboxylic acids is 1. The van der Waals surface area contributed by atoms with E-state index in [1.54, 1.807) is 0 Å². The number of hydrogen-bond donors (Lipinski definition) is 1. The molecule has 0 atom stereocenters. The van der Waals surface area contributed by atoms with Gasteiger partial charge in [-0.15, -0.1) is 0 Å². The van der Waals surface area contributed by atoms with Crippen molar-refractivity contribution in [1.82, 2.24) is 5.16 Å². The van der Waals surface area contributed by atoms with Crippen molar-refractivity contribution in [3.8, 4) is 11.3 Å². The smallest absolute Gasteiger partial charge is 0.341 e. The Morgan fingerprint density at radius 3 is 2.32 bits per heavy atom. The van der Waals surface area contributed by atoms with Crippen LogP contribution in [0.15, 0.2) is 16.7 Å². The summed E-state index contributed by atoms with van der Waals surface area (Å²) < 4.78 is 24.1. The molecule has 1 aromatic carbocycles. The average molecular weight is 367 g/mol. The van der Waals surface area contributed by atoms with Gasteiger partial charge in [0.1, 0.15) is 11.3 Å². The van der Waals surface area contributed by atoms with Crippen LogP contribution < -0.4 is 0 Å². The van der Waals surface area contributed by atoms with E-state index in [4.69, 9.17) is 44.1 Å².